The lowest BCUT2D eigenvalue weighted by atomic mass is 9.75. The molecule has 0 saturated carbocycles. The van der Waals surface area contributed by atoms with Gasteiger partial charge in [-0.1, -0.05) is 13.8 Å². The molecule has 148 valence electrons. The Morgan fingerprint density at radius 1 is 1.23 bits per heavy atom. The van der Waals surface area contributed by atoms with Crippen molar-refractivity contribution in [1.29, 1.82) is 0 Å². The van der Waals surface area contributed by atoms with Crippen LogP contribution < -0.4 is 0 Å². The highest BCUT2D eigenvalue weighted by molar-refractivity contribution is 7.88. The summed E-state index contributed by atoms with van der Waals surface area (Å²) in [6.45, 7) is 8.74. The van der Waals surface area contributed by atoms with Gasteiger partial charge in [0.1, 0.15) is 0 Å². The first kappa shape index (κ1) is 19.6. The molecule has 8 heteroatoms. The first-order valence-corrected chi connectivity index (χ1v) is 11.5. The van der Waals surface area contributed by atoms with Crippen LogP contribution in [0.4, 0.5) is 0 Å². The van der Waals surface area contributed by atoms with E-state index in [1.165, 1.54) is 10.6 Å². The molecule has 0 aromatic heterocycles. The third-order valence-electron chi connectivity index (χ3n) is 6.45. The van der Waals surface area contributed by atoms with E-state index < -0.39 is 10.0 Å². The Balaban J connectivity index is 1.79. The van der Waals surface area contributed by atoms with Crippen molar-refractivity contribution >= 4 is 21.8 Å². The van der Waals surface area contributed by atoms with Crippen LogP contribution in [0.3, 0.4) is 0 Å². The van der Waals surface area contributed by atoms with Crippen molar-refractivity contribution in [2.24, 2.45) is 17.8 Å². The van der Waals surface area contributed by atoms with Crippen LogP contribution in [0.1, 0.15) is 40.0 Å². The zero-order valence-electron chi connectivity index (χ0n) is 16.3. The normalized spacial score (nSPS) is 29.0. The minimum Gasteiger partial charge on any atom is -0.343 e. The van der Waals surface area contributed by atoms with Crippen molar-refractivity contribution in [2.75, 3.05) is 39.0 Å². The summed E-state index contributed by atoms with van der Waals surface area (Å²) in [6.07, 6.45) is 3.26. The van der Waals surface area contributed by atoms with Crippen molar-refractivity contribution in [3.63, 3.8) is 0 Å². The lowest BCUT2D eigenvalue weighted by Gasteiger charge is -2.47. The van der Waals surface area contributed by atoms with E-state index in [2.05, 4.69) is 0 Å². The van der Waals surface area contributed by atoms with Crippen LogP contribution in [0.15, 0.2) is 0 Å². The number of nitrogens with zero attached hydrogens (tertiary/aromatic N) is 3. The molecule has 3 saturated heterocycles. The maximum absolute atomic E-state index is 12.9. The molecule has 0 unspecified atom stereocenters. The van der Waals surface area contributed by atoms with Gasteiger partial charge in [0.15, 0.2) is 0 Å². The molecule has 2 atom stereocenters. The second-order valence-electron chi connectivity index (χ2n) is 8.46. The molecule has 26 heavy (non-hydrogen) atoms. The van der Waals surface area contributed by atoms with E-state index >= 15 is 0 Å². The number of amides is 2. The van der Waals surface area contributed by atoms with Crippen molar-refractivity contribution in [1.82, 2.24) is 14.1 Å². The van der Waals surface area contributed by atoms with Crippen LogP contribution in [0.25, 0.3) is 0 Å². The Kier molecular flexibility index (Phi) is 5.11. The van der Waals surface area contributed by atoms with Gasteiger partial charge in [-0.25, -0.2) is 12.7 Å². The number of carbonyl (C=O) groups is 2. The van der Waals surface area contributed by atoms with E-state index in [0.717, 1.165) is 12.8 Å². The number of hydrogen-bond acceptors (Lipinski definition) is 4. The standard InChI is InChI=1S/C18H31N3O4S/c1-5-21-17(23)14-11-20(26(4,24)25)12-15(14)18(21)6-8-19(9-7-18)16(22)10-13(2)3/h13-15H,5-12H2,1-4H3/t14-,15+/m0/s1. The van der Waals surface area contributed by atoms with E-state index in [1.807, 2.05) is 30.6 Å². The van der Waals surface area contributed by atoms with Crippen LogP contribution in [0, 0.1) is 17.8 Å². The van der Waals surface area contributed by atoms with Crippen LogP contribution in [-0.2, 0) is 19.6 Å². The summed E-state index contributed by atoms with van der Waals surface area (Å²) in [6, 6.07) is 0. The largest absolute Gasteiger partial charge is 0.343 e. The first-order valence-electron chi connectivity index (χ1n) is 9.64. The number of carbonyl (C=O) groups excluding carboxylic acids is 2. The summed E-state index contributed by atoms with van der Waals surface area (Å²) in [5.41, 5.74) is -0.301. The molecule has 0 aromatic rings. The SMILES string of the molecule is CCN1C(=O)[C@H]2CN(S(C)(=O)=O)C[C@H]2C12CCN(C(=O)CC(C)C)CC2. The number of hydrogen-bond donors (Lipinski definition) is 0. The number of rotatable bonds is 4. The Morgan fingerprint density at radius 2 is 1.85 bits per heavy atom. The molecule has 0 bridgehead atoms. The maximum Gasteiger partial charge on any atom is 0.227 e. The summed E-state index contributed by atoms with van der Waals surface area (Å²) in [4.78, 5) is 29.2. The topological polar surface area (TPSA) is 78.0 Å². The quantitative estimate of drug-likeness (QED) is 0.716. The summed E-state index contributed by atoms with van der Waals surface area (Å²) < 4.78 is 25.4. The van der Waals surface area contributed by atoms with Crippen LogP contribution >= 0.6 is 0 Å². The molecule has 1 spiro atoms. The van der Waals surface area contributed by atoms with Crippen LogP contribution in [0.2, 0.25) is 0 Å². The Labute approximate surface area is 156 Å². The average Bonchev–Trinajstić information content (AvgIpc) is 3.07. The molecule has 2 amide bonds. The Bertz CT molecular complexity index is 683. The molecule has 0 radical (unpaired) electrons. The molecule has 0 N–H and O–H groups in total. The summed E-state index contributed by atoms with van der Waals surface area (Å²) in [7, 11) is -3.29. The first-order chi connectivity index (χ1) is 12.1. The highest BCUT2D eigenvalue weighted by atomic mass is 32.2. The van der Waals surface area contributed by atoms with E-state index in [0.29, 0.717) is 45.1 Å². The predicted octanol–water partition coefficient (Wildman–Crippen LogP) is 0.763. The zero-order chi connectivity index (χ0) is 19.3. The lowest BCUT2D eigenvalue weighted by molar-refractivity contribution is -0.138. The summed E-state index contributed by atoms with van der Waals surface area (Å²) >= 11 is 0. The van der Waals surface area contributed by atoms with Crippen LogP contribution in [-0.4, -0.2) is 78.9 Å². The van der Waals surface area contributed by atoms with E-state index in [-0.39, 0.29) is 29.2 Å². The third-order valence-corrected chi connectivity index (χ3v) is 7.68. The number of likely N-dealkylation sites (tertiary alicyclic amines) is 2. The van der Waals surface area contributed by atoms with Gasteiger partial charge in [0, 0.05) is 45.1 Å². The van der Waals surface area contributed by atoms with Gasteiger partial charge in [-0.3, -0.25) is 9.59 Å². The molecule has 3 rings (SSSR count). The molecule has 3 aliphatic rings. The summed E-state index contributed by atoms with van der Waals surface area (Å²) in [5, 5.41) is 0. The predicted molar refractivity (Wildman–Crippen MR) is 98.8 cm³/mol. The molecule has 0 aromatic carbocycles. The fraction of sp³-hybridized carbons (Fsp3) is 0.889. The molecule has 3 fully saturated rings. The van der Waals surface area contributed by atoms with Gasteiger partial charge in [-0.2, -0.15) is 0 Å². The minimum absolute atomic E-state index is 0.0343. The minimum atomic E-state index is -3.29. The second-order valence-corrected chi connectivity index (χ2v) is 10.4. The van der Waals surface area contributed by atoms with Gasteiger partial charge < -0.3 is 9.80 Å². The zero-order valence-corrected chi connectivity index (χ0v) is 17.1. The number of piperidine rings is 1. The lowest BCUT2D eigenvalue weighted by Crippen LogP contribution is -2.58. The summed E-state index contributed by atoms with van der Waals surface area (Å²) in [5.74, 6) is 0.407. The van der Waals surface area contributed by atoms with Crippen molar-refractivity contribution in [3.05, 3.63) is 0 Å². The molecular formula is C18H31N3O4S. The molecule has 0 aliphatic carbocycles. The highest BCUT2D eigenvalue weighted by Crippen LogP contribution is 2.50. The van der Waals surface area contributed by atoms with Gasteiger partial charge >= 0.3 is 0 Å². The molecule has 3 heterocycles. The van der Waals surface area contributed by atoms with Gasteiger partial charge in [0.25, 0.3) is 0 Å². The average molecular weight is 386 g/mol. The molecule has 3 aliphatic heterocycles. The van der Waals surface area contributed by atoms with E-state index in [4.69, 9.17) is 0 Å². The second kappa shape index (κ2) is 6.78. The van der Waals surface area contributed by atoms with Crippen molar-refractivity contribution < 1.29 is 18.0 Å². The maximum atomic E-state index is 12.9. The van der Waals surface area contributed by atoms with Gasteiger partial charge in [0.05, 0.1) is 17.7 Å². The van der Waals surface area contributed by atoms with Gasteiger partial charge in [0.2, 0.25) is 21.8 Å². The molecular weight excluding hydrogens is 354 g/mol. The monoisotopic (exact) mass is 385 g/mol. The number of fused-ring (bicyclic) bond motifs is 2. The van der Waals surface area contributed by atoms with Crippen molar-refractivity contribution in [3.8, 4) is 0 Å². The fourth-order valence-electron chi connectivity index (χ4n) is 5.19. The Morgan fingerprint density at radius 3 is 2.35 bits per heavy atom. The fourth-order valence-corrected chi connectivity index (χ4v) is 6.05. The van der Waals surface area contributed by atoms with Gasteiger partial charge in [-0.15, -0.1) is 0 Å². The third kappa shape index (κ3) is 3.15. The molecule has 7 nitrogen and oxygen atoms in total. The van der Waals surface area contributed by atoms with E-state index in [1.54, 1.807) is 0 Å². The van der Waals surface area contributed by atoms with Gasteiger partial charge in [-0.05, 0) is 25.7 Å². The number of sulfonamides is 1. The Hall–Kier alpha value is -1.15. The van der Waals surface area contributed by atoms with E-state index in [9.17, 15) is 18.0 Å². The van der Waals surface area contributed by atoms with Crippen LogP contribution in [0.5, 0.6) is 0 Å². The smallest absolute Gasteiger partial charge is 0.227 e. The van der Waals surface area contributed by atoms with Crippen molar-refractivity contribution in [2.45, 2.75) is 45.6 Å². The highest BCUT2D eigenvalue weighted by Gasteiger charge is 2.62.